The molecule has 4 nitrogen and oxygen atoms in total. The van der Waals surface area contributed by atoms with E-state index in [0.29, 0.717) is 5.88 Å². The minimum atomic E-state index is -0.346. The summed E-state index contributed by atoms with van der Waals surface area (Å²) in [6, 6.07) is 0. The lowest BCUT2D eigenvalue weighted by Gasteiger charge is -2.37. The van der Waals surface area contributed by atoms with Crippen molar-refractivity contribution in [2.75, 3.05) is 4.90 Å². The van der Waals surface area contributed by atoms with E-state index in [0.717, 1.165) is 5.69 Å². The molecule has 1 amide bonds. The predicted octanol–water partition coefficient (Wildman–Crippen LogP) is 3.50. The molecule has 0 fully saturated rings. The Balaban J connectivity index is 2.57. The summed E-state index contributed by atoms with van der Waals surface area (Å²) in [5, 5.41) is 0. The van der Waals surface area contributed by atoms with Gasteiger partial charge in [0.25, 0.3) is 0 Å². The standard InChI is InChI=1S/C15H22N2O2/c1-14(2,3)10-7-8-11-13(19-9-16-11)17(12(10)18)15(4,5)6/h7-10H,1-6H3. The van der Waals surface area contributed by atoms with Crippen LogP contribution in [-0.2, 0) is 4.79 Å². The van der Waals surface area contributed by atoms with Gasteiger partial charge in [-0.15, -0.1) is 0 Å². The molecule has 1 unspecified atom stereocenters. The van der Waals surface area contributed by atoms with Crippen molar-refractivity contribution in [2.24, 2.45) is 11.3 Å². The van der Waals surface area contributed by atoms with Crippen LogP contribution in [0.1, 0.15) is 47.2 Å². The number of anilines is 1. The van der Waals surface area contributed by atoms with E-state index in [1.54, 1.807) is 4.90 Å². The highest BCUT2D eigenvalue weighted by molar-refractivity contribution is 5.99. The number of hydrogen-bond donors (Lipinski definition) is 0. The topological polar surface area (TPSA) is 46.3 Å². The molecular weight excluding hydrogens is 240 g/mol. The zero-order valence-corrected chi connectivity index (χ0v) is 12.5. The van der Waals surface area contributed by atoms with Gasteiger partial charge in [0.15, 0.2) is 6.39 Å². The SMILES string of the molecule is CC(C)(C)C1C=Cc2ncoc2N(C(C)(C)C)C1=O. The van der Waals surface area contributed by atoms with Crippen LogP contribution in [0.2, 0.25) is 0 Å². The molecule has 0 aromatic carbocycles. The minimum absolute atomic E-state index is 0.0618. The van der Waals surface area contributed by atoms with Crippen molar-refractivity contribution in [3.05, 3.63) is 18.2 Å². The number of rotatable bonds is 0. The third-order valence-corrected chi connectivity index (χ3v) is 3.32. The zero-order valence-electron chi connectivity index (χ0n) is 12.5. The van der Waals surface area contributed by atoms with E-state index >= 15 is 0 Å². The van der Waals surface area contributed by atoms with Gasteiger partial charge in [-0.25, -0.2) is 4.98 Å². The van der Waals surface area contributed by atoms with Crippen molar-refractivity contribution >= 4 is 17.9 Å². The lowest BCUT2D eigenvalue weighted by Crippen LogP contribution is -2.50. The largest absolute Gasteiger partial charge is 0.427 e. The molecule has 0 radical (unpaired) electrons. The van der Waals surface area contributed by atoms with Gasteiger partial charge in [0.2, 0.25) is 11.8 Å². The Morgan fingerprint density at radius 3 is 2.37 bits per heavy atom. The molecule has 2 rings (SSSR count). The van der Waals surface area contributed by atoms with E-state index < -0.39 is 0 Å². The maximum absolute atomic E-state index is 12.9. The van der Waals surface area contributed by atoms with Crippen molar-refractivity contribution in [1.82, 2.24) is 4.98 Å². The Bertz CT molecular complexity index is 515. The van der Waals surface area contributed by atoms with Gasteiger partial charge in [-0.3, -0.25) is 9.69 Å². The summed E-state index contributed by atoms with van der Waals surface area (Å²) in [5.74, 6) is 0.420. The molecule has 1 aromatic rings. The molecule has 1 aliphatic heterocycles. The number of nitrogens with zero attached hydrogens (tertiary/aromatic N) is 2. The molecule has 0 saturated heterocycles. The molecule has 0 aliphatic carbocycles. The Hall–Kier alpha value is -1.58. The Labute approximate surface area is 114 Å². The second-order valence-electron chi connectivity index (χ2n) is 7.09. The van der Waals surface area contributed by atoms with Crippen molar-refractivity contribution in [2.45, 2.75) is 47.1 Å². The normalized spacial score (nSPS) is 20.4. The van der Waals surface area contributed by atoms with E-state index in [2.05, 4.69) is 25.8 Å². The average Bonchev–Trinajstić information content (AvgIpc) is 2.57. The first kappa shape index (κ1) is 13.8. The number of carbonyl (C=O) groups excluding carboxylic acids is 1. The fourth-order valence-electron chi connectivity index (χ4n) is 2.33. The first-order valence-corrected chi connectivity index (χ1v) is 6.58. The van der Waals surface area contributed by atoms with Crippen molar-refractivity contribution < 1.29 is 9.21 Å². The van der Waals surface area contributed by atoms with Crippen molar-refractivity contribution in [3.8, 4) is 0 Å². The lowest BCUT2D eigenvalue weighted by molar-refractivity contribution is -0.124. The van der Waals surface area contributed by atoms with Crippen molar-refractivity contribution in [3.63, 3.8) is 0 Å². The first-order chi connectivity index (χ1) is 8.62. The lowest BCUT2D eigenvalue weighted by atomic mass is 9.79. The van der Waals surface area contributed by atoms with E-state index in [9.17, 15) is 4.79 Å². The van der Waals surface area contributed by atoms with E-state index in [-0.39, 0.29) is 22.8 Å². The van der Waals surface area contributed by atoms with Crippen LogP contribution >= 0.6 is 0 Å². The Morgan fingerprint density at radius 1 is 1.21 bits per heavy atom. The highest BCUT2D eigenvalue weighted by atomic mass is 16.4. The second-order valence-corrected chi connectivity index (χ2v) is 7.09. The maximum atomic E-state index is 12.9. The molecule has 4 heteroatoms. The van der Waals surface area contributed by atoms with Crippen LogP contribution in [-0.4, -0.2) is 16.4 Å². The molecular formula is C15H22N2O2. The van der Waals surface area contributed by atoms with Crippen LogP contribution in [0.25, 0.3) is 6.08 Å². The summed E-state index contributed by atoms with van der Waals surface area (Å²) in [6.07, 6.45) is 5.21. The fraction of sp³-hybridized carbons (Fsp3) is 0.600. The summed E-state index contributed by atoms with van der Waals surface area (Å²) in [4.78, 5) is 18.8. The van der Waals surface area contributed by atoms with E-state index in [4.69, 9.17) is 4.42 Å². The summed E-state index contributed by atoms with van der Waals surface area (Å²) in [6.45, 7) is 12.2. The highest BCUT2D eigenvalue weighted by Gasteiger charge is 2.41. The molecule has 104 valence electrons. The Kier molecular flexibility index (Phi) is 3.07. The monoisotopic (exact) mass is 262 g/mol. The number of hydrogen-bond acceptors (Lipinski definition) is 3. The predicted molar refractivity (Wildman–Crippen MR) is 75.7 cm³/mol. The number of carbonyl (C=O) groups is 1. The van der Waals surface area contributed by atoms with Gasteiger partial charge in [0, 0.05) is 5.54 Å². The highest BCUT2D eigenvalue weighted by Crippen LogP contribution is 2.38. The molecule has 0 N–H and O–H groups in total. The first-order valence-electron chi connectivity index (χ1n) is 6.58. The zero-order chi connectivity index (χ0) is 14.4. The third kappa shape index (κ3) is 2.44. The van der Waals surface area contributed by atoms with Gasteiger partial charge in [-0.2, -0.15) is 0 Å². The van der Waals surface area contributed by atoms with Gasteiger partial charge < -0.3 is 4.42 Å². The Morgan fingerprint density at radius 2 is 1.84 bits per heavy atom. The number of aromatic nitrogens is 1. The van der Waals surface area contributed by atoms with Crippen LogP contribution in [0.5, 0.6) is 0 Å². The second kappa shape index (κ2) is 4.22. The van der Waals surface area contributed by atoms with Crippen LogP contribution in [0.4, 0.5) is 5.88 Å². The number of oxazole rings is 1. The molecule has 1 aromatic heterocycles. The van der Waals surface area contributed by atoms with Gasteiger partial charge >= 0.3 is 0 Å². The van der Waals surface area contributed by atoms with Gasteiger partial charge in [0.05, 0.1) is 5.92 Å². The van der Waals surface area contributed by atoms with E-state index in [1.165, 1.54) is 6.39 Å². The summed E-state index contributed by atoms with van der Waals surface area (Å²) in [5.41, 5.74) is 0.233. The van der Waals surface area contributed by atoms with Crippen LogP contribution in [0.15, 0.2) is 16.9 Å². The smallest absolute Gasteiger partial charge is 0.237 e. The van der Waals surface area contributed by atoms with Gasteiger partial charge in [-0.1, -0.05) is 26.8 Å². The number of amides is 1. The van der Waals surface area contributed by atoms with Gasteiger partial charge in [0.1, 0.15) is 5.69 Å². The van der Waals surface area contributed by atoms with Gasteiger partial charge in [-0.05, 0) is 32.3 Å². The molecule has 0 spiro atoms. The minimum Gasteiger partial charge on any atom is -0.427 e. The van der Waals surface area contributed by atoms with Crippen molar-refractivity contribution in [1.29, 1.82) is 0 Å². The summed E-state index contributed by atoms with van der Waals surface area (Å²) >= 11 is 0. The maximum Gasteiger partial charge on any atom is 0.237 e. The van der Waals surface area contributed by atoms with Crippen LogP contribution in [0, 0.1) is 11.3 Å². The fourth-order valence-corrected chi connectivity index (χ4v) is 2.33. The third-order valence-electron chi connectivity index (χ3n) is 3.32. The quantitative estimate of drug-likeness (QED) is 0.719. The average molecular weight is 262 g/mol. The molecule has 1 atom stereocenters. The van der Waals surface area contributed by atoms with Crippen LogP contribution in [0.3, 0.4) is 0 Å². The summed E-state index contributed by atoms with van der Waals surface area (Å²) in [7, 11) is 0. The molecule has 0 saturated carbocycles. The molecule has 2 heterocycles. The van der Waals surface area contributed by atoms with Crippen LogP contribution < -0.4 is 4.90 Å². The number of fused-ring (bicyclic) bond motifs is 1. The summed E-state index contributed by atoms with van der Waals surface area (Å²) < 4.78 is 5.45. The van der Waals surface area contributed by atoms with E-state index in [1.807, 2.05) is 32.9 Å². The molecule has 0 bridgehead atoms. The molecule has 19 heavy (non-hydrogen) atoms. The molecule has 1 aliphatic rings.